The van der Waals surface area contributed by atoms with Gasteiger partial charge < -0.3 is 25.8 Å². The predicted molar refractivity (Wildman–Crippen MR) is 169 cm³/mol. The molecule has 238 valence electrons. The van der Waals surface area contributed by atoms with E-state index in [4.69, 9.17) is 38.8 Å². The van der Waals surface area contributed by atoms with Gasteiger partial charge in [0.05, 0.1) is 17.4 Å². The Bertz CT molecular complexity index is 1380. The van der Waals surface area contributed by atoms with E-state index in [1.54, 1.807) is 6.07 Å². The lowest BCUT2D eigenvalue weighted by Crippen LogP contribution is -2.58. The molecule has 0 radical (unpaired) electrons. The quantitative estimate of drug-likeness (QED) is 0.307. The van der Waals surface area contributed by atoms with Crippen LogP contribution in [-0.4, -0.2) is 116 Å². The lowest BCUT2D eigenvalue weighted by Gasteiger charge is -2.47. The van der Waals surface area contributed by atoms with E-state index in [-0.39, 0.29) is 42.2 Å². The van der Waals surface area contributed by atoms with E-state index in [9.17, 15) is 13.2 Å². The Labute approximate surface area is 263 Å². The average molecular weight is 659 g/mol. The van der Waals surface area contributed by atoms with Gasteiger partial charge in [-0.05, 0) is 50.0 Å². The predicted octanol–water partition coefficient (Wildman–Crippen LogP) is 2.08. The summed E-state index contributed by atoms with van der Waals surface area (Å²) in [5.41, 5.74) is 7.10. The smallest absolute Gasteiger partial charge is 0.273 e. The molecule has 43 heavy (non-hydrogen) atoms. The van der Waals surface area contributed by atoms with Gasteiger partial charge in [0.2, 0.25) is 0 Å². The molecule has 2 aliphatic rings. The van der Waals surface area contributed by atoms with E-state index in [1.807, 2.05) is 12.1 Å². The van der Waals surface area contributed by atoms with Crippen molar-refractivity contribution in [3.8, 4) is 5.75 Å². The number of likely N-dealkylation sites (tertiary alicyclic amines) is 1. The van der Waals surface area contributed by atoms with Crippen molar-refractivity contribution in [1.82, 2.24) is 25.1 Å². The molecule has 1 atom stereocenters. The molecule has 3 heterocycles. The summed E-state index contributed by atoms with van der Waals surface area (Å²) in [5, 5.41) is 12.1. The molecule has 0 aliphatic carbocycles. The van der Waals surface area contributed by atoms with Crippen LogP contribution in [0.1, 0.15) is 42.2 Å². The van der Waals surface area contributed by atoms with Gasteiger partial charge in [-0.15, -0.1) is 0 Å². The van der Waals surface area contributed by atoms with Crippen molar-refractivity contribution in [2.24, 2.45) is 0 Å². The van der Waals surface area contributed by atoms with Crippen LogP contribution in [0.2, 0.25) is 10.2 Å². The SMILES string of the molecule is CC[C@H]1CN(c2nc(N)c(C(=O)NCCO)nc2Cl)CCN1C1CCN(Cc2ccc(Cl)c(OCCS(C)(=O)=O)c2)CC1. The number of nitrogens with one attached hydrogen (secondary N) is 1. The maximum atomic E-state index is 12.3. The van der Waals surface area contributed by atoms with E-state index in [0.29, 0.717) is 35.2 Å². The molecule has 1 amide bonds. The highest BCUT2D eigenvalue weighted by molar-refractivity contribution is 7.90. The van der Waals surface area contributed by atoms with Crippen LogP contribution in [0.15, 0.2) is 18.2 Å². The number of sulfone groups is 1. The van der Waals surface area contributed by atoms with E-state index in [2.05, 4.69) is 36.9 Å². The van der Waals surface area contributed by atoms with E-state index in [1.165, 1.54) is 6.26 Å². The molecule has 1 aromatic heterocycles. The third-order valence-corrected chi connectivity index (χ3v) is 9.39. The second-order valence-corrected chi connectivity index (χ2v) is 14.1. The number of nitrogen functional groups attached to an aromatic ring is 1. The first-order valence-corrected chi connectivity index (χ1v) is 17.3. The Kier molecular flexibility index (Phi) is 11.7. The Morgan fingerprint density at radius 2 is 1.93 bits per heavy atom. The molecule has 2 saturated heterocycles. The molecule has 2 fully saturated rings. The second-order valence-electron chi connectivity index (χ2n) is 11.0. The van der Waals surface area contributed by atoms with E-state index >= 15 is 0 Å². The molecule has 1 aromatic carbocycles. The van der Waals surface area contributed by atoms with E-state index < -0.39 is 15.7 Å². The minimum Gasteiger partial charge on any atom is -0.491 e. The van der Waals surface area contributed by atoms with Crippen LogP contribution in [0.4, 0.5) is 11.6 Å². The first kappa shape index (κ1) is 33.5. The van der Waals surface area contributed by atoms with Gasteiger partial charge in [0.25, 0.3) is 5.91 Å². The fourth-order valence-corrected chi connectivity index (χ4v) is 6.48. The average Bonchev–Trinajstić information content (AvgIpc) is 2.98. The number of aliphatic hydroxyl groups excluding tert-OH is 1. The summed E-state index contributed by atoms with van der Waals surface area (Å²) in [6.07, 6.45) is 4.25. The lowest BCUT2D eigenvalue weighted by atomic mass is 9.98. The van der Waals surface area contributed by atoms with Crippen LogP contribution in [0.25, 0.3) is 0 Å². The number of piperidine rings is 1. The molecule has 2 aromatic rings. The standard InChI is InChI=1S/C28H41Cl2N7O5S/c1-3-20-18-36(27-25(30)33-24(26(31)34-27)28(39)32-8-13-38)11-12-37(20)21-6-9-35(10-7-21)17-19-4-5-22(29)23(16-19)42-14-15-43(2,40)41/h4-5,16,20-21,38H,3,6-15,17-18H2,1-2H3,(H2,31,34)(H,32,39)/t20-/m0/s1. The third kappa shape index (κ3) is 9.05. The highest BCUT2D eigenvalue weighted by Gasteiger charge is 2.34. The van der Waals surface area contributed by atoms with Gasteiger partial charge in [-0.2, -0.15) is 0 Å². The number of benzene rings is 1. The minimum absolute atomic E-state index is 0.00552. The minimum atomic E-state index is -3.11. The zero-order valence-corrected chi connectivity index (χ0v) is 27.0. The Morgan fingerprint density at radius 3 is 2.60 bits per heavy atom. The van der Waals surface area contributed by atoms with Crippen molar-refractivity contribution >= 4 is 50.6 Å². The zero-order chi connectivity index (χ0) is 31.1. The monoisotopic (exact) mass is 657 g/mol. The fourth-order valence-electron chi connectivity index (χ4n) is 5.67. The molecule has 0 unspecified atom stereocenters. The van der Waals surface area contributed by atoms with Crippen LogP contribution in [-0.2, 0) is 16.4 Å². The summed E-state index contributed by atoms with van der Waals surface area (Å²) in [6, 6.07) is 6.46. The highest BCUT2D eigenvalue weighted by Crippen LogP contribution is 2.31. The van der Waals surface area contributed by atoms with Crippen molar-refractivity contribution in [2.45, 2.75) is 44.8 Å². The van der Waals surface area contributed by atoms with Crippen molar-refractivity contribution in [2.75, 3.05) is 75.1 Å². The number of anilines is 2. The summed E-state index contributed by atoms with van der Waals surface area (Å²) < 4.78 is 28.5. The summed E-state index contributed by atoms with van der Waals surface area (Å²) in [7, 11) is -3.11. The number of ether oxygens (including phenoxy) is 1. The number of halogens is 2. The molecule has 4 N–H and O–H groups in total. The summed E-state index contributed by atoms with van der Waals surface area (Å²) >= 11 is 12.8. The number of carbonyl (C=O) groups excluding carboxylic acids is 1. The number of aromatic nitrogens is 2. The summed E-state index contributed by atoms with van der Waals surface area (Å²) in [4.78, 5) is 28.1. The summed E-state index contributed by atoms with van der Waals surface area (Å²) in [5.74, 6) is 0.413. The summed E-state index contributed by atoms with van der Waals surface area (Å²) in [6.45, 7) is 7.13. The van der Waals surface area contributed by atoms with Crippen LogP contribution in [0.3, 0.4) is 0 Å². The number of piperazine rings is 1. The topological polar surface area (TPSA) is 154 Å². The first-order chi connectivity index (χ1) is 20.5. The Balaban J connectivity index is 1.32. The third-order valence-electron chi connectivity index (χ3n) is 7.91. The second kappa shape index (κ2) is 15.0. The molecule has 12 nitrogen and oxygen atoms in total. The van der Waals surface area contributed by atoms with Gasteiger partial charge in [-0.1, -0.05) is 36.2 Å². The molecular formula is C28H41Cl2N7O5S. The van der Waals surface area contributed by atoms with Crippen LogP contribution >= 0.6 is 23.2 Å². The number of amides is 1. The number of nitrogens with zero attached hydrogens (tertiary/aromatic N) is 5. The van der Waals surface area contributed by atoms with Gasteiger partial charge in [0.15, 0.2) is 32.3 Å². The number of nitrogens with two attached hydrogens (primary N) is 1. The number of aliphatic hydroxyl groups is 1. The van der Waals surface area contributed by atoms with E-state index in [0.717, 1.165) is 57.5 Å². The number of hydrogen-bond donors (Lipinski definition) is 3. The maximum absolute atomic E-state index is 12.3. The molecule has 2 aliphatic heterocycles. The zero-order valence-electron chi connectivity index (χ0n) is 24.6. The van der Waals surface area contributed by atoms with Gasteiger partial charge in [-0.25, -0.2) is 18.4 Å². The van der Waals surface area contributed by atoms with Crippen molar-refractivity contribution in [3.63, 3.8) is 0 Å². The maximum Gasteiger partial charge on any atom is 0.273 e. The largest absolute Gasteiger partial charge is 0.491 e. The number of hydrogen-bond acceptors (Lipinski definition) is 11. The fraction of sp³-hybridized carbons (Fsp3) is 0.607. The molecule has 4 rings (SSSR count). The lowest BCUT2D eigenvalue weighted by molar-refractivity contribution is 0.0610. The normalized spacial score (nSPS) is 19.0. The Morgan fingerprint density at radius 1 is 1.19 bits per heavy atom. The van der Waals surface area contributed by atoms with Crippen LogP contribution in [0, 0.1) is 0 Å². The molecule has 15 heteroatoms. The van der Waals surface area contributed by atoms with Gasteiger partial charge >= 0.3 is 0 Å². The highest BCUT2D eigenvalue weighted by atomic mass is 35.5. The number of carbonyl (C=O) groups is 1. The van der Waals surface area contributed by atoms with Gasteiger partial charge in [0.1, 0.15) is 12.4 Å². The van der Waals surface area contributed by atoms with Gasteiger partial charge in [-0.3, -0.25) is 14.6 Å². The van der Waals surface area contributed by atoms with Crippen molar-refractivity contribution < 1.29 is 23.1 Å². The van der Waals surface area contributed by atoms with Crippen molar-refractivity contribution in [1.29, 1.82) is 0 Å². The molecule has 0 spiro atoms. The number of rotatable bonds is 12. The molecule has 0 saturated carbocycles. The Hall–Kier alpha value is -2.42. The first-order valence-electron chi connectivity index (χ1n) is 14.5. The molecular weight excluding hydrogens is 617 g/mol. The van der Waals surface area contributed by atoms with Crippen LogP contribution in [0.5, 0.6) is 5.75 Å². The molecule has 0 bridgehead atoms. The van der Waals surface area contributed by atoms with Crippen LogP contribution < -0.4 is 20.7 Å². The van der Waals surface area contributed by atoms with Gasteiger partial charge in [0, 0.05) is 51.1 Å². The van der Waals surface area contributed by atoms with Crippen molar-refractivity contribution in [3.05, 3.63) is 39.6 Å².